The molecule has 57 heavy (non-hydrogen) atoms. The summed E-state index contributed by atoms with van der Waals surface area (Å²) in [6.45, 7) is 6.77. The Kier molecular flexibility index (Phi) is 19.5. The molecule has 1 amide bonds. The highest BCUT2D eigenvalue weighted by molar-refractivity contribution is 5.76. The summed E-state index contributed by atoms with van der Waals surface area (Å²) in [5.74, 6) is -0.243. The largest absolute Gasteiger partial charge is 0.465 e. The van der Waals surface area contributed by atoms with Crippen LogP contribution in [0.5, 0.6) is 0 Å². The predicted octanol–water partition coefficient (Wildman–Crippen LogP) is 4.92. The van der Waals surface area contributed by atoms with Crippen molar-refractivity contribution in [2.75, 3.05) is 32.8 Å². The van der Waals surface area contributed by atoms with Gasteiger partial charge in [-0.25, -0.2) is 10.6 Å². The summed E-state index contributed by atoms with van der Waals surface area (Å²) in [6, 6.07) is 0.631. The van der Waals surface area contributed by atoms with E-state index in [4.69, 9.17) is 25.7 Å². The van der Waals surface area contributed by atoms with E-state index in [1.807, 2.05) is 0 Å². The summed E-state index contributed by atoms with van der Waals surface area (Å²) in [4.78, 5) is 30.0. The van der Waals surface area contributed by atoms with Crippen LogP contribution in [0.3, 0.4) is 0 Å². The second-order valence-electron chi connectivity index (χ2n) is 18.2. The van der Waals surface area contributed by atoms with Crippen molar-refractivity contribution < 1.29 is 33.8 Å². The van der Waals surface area contributed by atoms with Gasteiger partial charge >= 0.3 is 5.97 Å². The number of ether oxygens (including phenoxy) is 3. The van der Waals surface area contributed by atoms with E-state index in [9.17, 15) is 14.7 Å². The van der Waals surface area contributed by atoms with Gasteiger partial charge in [-0.1, -0.05) is 89.7 Å². The average molecular weight is 804 g/mol. The van der Waals surface area contributed by atoms with Gasteiger partial charge in [-0.3, -0.25) is 9.59 Å². The monoisotopic (exact) mass is 804 g/mol. The lowest BCUT2D eigenvalue weighted by molar-refractivity contribution is -0.985. The number of rotatable bonds is 25. The van der Waals surface area contributed by atoms with Crippen LogP contribution < -0.4 is 27.0 Å². The van der Waals surface area contributed by atoms with E-state index >= 15 is 0 Å². The molecule has 12 nitrogen and oxygen atoms in total. The first kappa shape index (κ1) is 46.4. The number of quaternary nitrogens is 1. The van der Waals surface area contributed by atoms with Crippen molar-refractivity contribution in [3.05, 3.63) is 12.2 Å². The van der Waals surface area contributed by atoms with Crippen LogP contribution in [0, 0.1) is 5.92 Å². The molecule has 0 aromatic heterocycles. The maximum atomic E-state index is 14.1. The van der Waals surface area contributed by atoms with E-state index < -0.39 is 11.8 Å². The molecule has 0 aliphatic carbocycles. The van der Waals surface area contributed by atoms with Crippen LogP contribution in [0.15, 0.2) is 12.2 Å². The van der Waals surface area contributed by atoms with Crippen molar-refractivity contribution in [1.29, 1.82) is 0 Å². The third-order valence-corrected chi connectivity index (χ3v) is 13.7. The highest BCUT2D eigenvalue weighted by atomic mass is 16.6. The molecule has 5 aliphatic heterocycles. The molecule has 12 heteroatoms. The lowest BCUT2D eigenvalue weighted by Gasteiger charge is -2.58. The van der Waals surface area contributed by atoms with E-state index in [-0.39, 0.29) is 48.1 Å². The zero-order valence-corrected chi connectivity index (χ0v) is 36.0. The Morgan fingerprint density at radius 3 is 2.28 bits per heavy atom. The maximum Gasteiger partial charge on any atom is 0.319 e. The molecule has 0 radical (unpaired) electrons. The summed E-state index contributed by atoms with van der Waals surface area (Å²) >= 11 is 0. The number of amides is 1. The summed E-state index contributed by atoms with van der Waals surface area (Å²) in [6.07, 6.45) is 30.2. The minimum absolute atomic E-state index is 0.00644. The smallest absolute Gasteiger partial charge is 0.319 e. The molecule has 0 bridgehead atoms. The number of carbonyl (C=O) groups excluding carboxylic acids is 2. The third-order valence-electron chi connectivity index (χ3n) is 13.7. The Labute approximate surface area is 345 Å². The molecule has 328 valence electrons. The Hall–Kier alpha value is -1.64. The second-order valence-corrected chi connectivity index (χ2v) is 18.2. The molecule has 2 spiro atoms. The molecule has 5 rings (SSSR count). The van der Waals surface area contributed by atoms with Crippen LogP contribution in [0.4, 0.5) is 0 Å². The van der Waals surface area contributed by atoms with Crippen LogP contribution in [0.2, 0.25) is 0 Å². The average Bonchev–Trinajstić information content (AvgIpc) is 3.49. The molecular formula is C45H83N6O6+. The van der Waals surface area contributed by atoms with Crippen molar-refractivity contribution in [2.24, 2.45) is 17.4 Å². The molecule has 0 saturated carbocycles. The summed E-state index contributed by atoms with van der Waals surface area (Å²) in [7, 11) is 0. The molecule has 4 fully saturated rings. The van der Waals surface area contributed by atoms with Crippen LogP contribution in [0.25, 0.3) is 0 Å². The Morgan fingerprint density at radius 1 is 0.912 bits per heavy atom. The number of nitrogens with zero attached hydrogens (tertiary/aromatic N) is 1. The number of esters is 1. The molecule has 10 atom stereocenters. The number of nitrogens with one attached hydrogen (secondary N) is 3. The topological polar surface area (TPSA) is 166 Å². The molecule has 0 aromatic rings. The fourth-order valence-electron chi connectivity index (χ4n) is 10.8. The highest BCUT2D eigenvalue weighted by Crippen LogP contribution is 2.42. The number of allylic oxidation sites excluding steroid dienone is 1. The van der Waals surface area contributed by atoms with E-state index in [0.29, 0.717) is 51.7 Å². The van der Waals surface area contributed by atoms with Gasteiger partial charge in [0.25, 0.3) is 0 Å². The molecular weight excluding hydrogens is 721 g/mol. The van der Waals surface area contributed by atoms with Gasteiger partial charge in [-0.05, 0) is 84.2 Å². The van der Waals surface area contributed by atoms with Crippen LogP contribution in [-0.2, 0) is 23.8 Å². The van der Waals surface area contributed by atoms with Crippen LogP contribution in [-0.4, -0.2) is 103 Å². The van der Waals surface area contributed by atoms with Crippen molar-refractivity contribution in [3.8, 4) is 0 Å². The molecule has 4 saturated heterocycles. The Morgan fingerprint density at radius 2 is 1.61 bits per heavy atom. The first-order chi connectivity index (χ1) is 27.7. The normalized spacial score (nSPS) is 32.6. The van der Waals surface area contributed by atoms with Crippen molar-refractivity contribution in [3.63, 3.8) is 0 Å². The number of hydrogen-bond acceptors (Lipinski definition) is 10. The zero-order chi connectivity index (χ0) is 40.5. The minimum Gasteiger partial charge on any atom is -0.465 e. The lowest BCUT2D eigenvalue weighted by Crippen LogP contribution is -3.29. The summed E-state index contributed by atoms with van der Waals surface area (Å²) in [5.41, 5.74) is 10.2. The highest BCUT2D eigenvalue weighted by Gasteiger charge is 2.66. The molecule has 8 N–H and O–H groups in total. The number of aliphatic hydroxyl groups is 1. The van der Waals surface area contributed by atoms with Crippen molar-refractivity contribution in [1.82, 2.24) is 15.5 Å². The van der Waals surface area contributed by atoms with Gasteiger partial charge in [-0.15, -0.1) is 0 Å². The number of aliphatic hydroxyl groups excluding tert-OH is 1. The first-order valence-corrected chi connectivity index (χ1v) is 23.7. The number of nitrogens with two attached hydrogens (primary N) is 2. The van der Waals surface area contributed by atoms with Crippen molar-refractivity contribution in [2.45, 2.75) is 223 Å². The summed E-state index contributed by atoms with van der Waals surface area (Å²) < 4.78 is 19.8. The van der Waals surface area contributed by atoms with Gasteiger partial charge in [-0.2, -0.15) is 0 Å². The van der Waals surface area contributed by atoms with E-state index in [0.717, 1.165) is 89.9 Å². The molecule has 3 unspecified atom stereocenters. The SMILES string of the molecule is CC[C@H]1C=CCC[C@@]2(C[C@@H]3CC[C@H]4[C@@H](C(=O)OCCCCCCCCCCCCCCCC(=O)N(CCCN)CC(O)CCN)[C@@]5(CCC[C@@H](C)O5)NC(N2)[NH+]34)O1. The molecule has 0 aromatic carbocycles. The fourth-order valence-corrected chi connectivity index (χ4v) is 10.8. The Balaban J connectivity index is 0.931. The number of hydrogen-bond donors (Lipinski definition) is 6. The predicted molar refractivity (Wildman–Crippen MR) is 225 cm³/mol. The second kappa shape index (κ2) is 24.0. The van der Waals surface area contributed by atoms with Gasteiger partial charge in [0.2, 0.25) is 12.2 Å². The maximum absolute atomic E-state index is 14.1. The molecule has 5 aliphatic rings. The Bertz CT molecular complexity index is 1230. The molecule has 5 heterocycles. The van der Waals surface area contributed by atoms with E-state index in [2.05, 4.69) is 36.6 Å². The van der Waals surface area contributed by atoms with Crippen LogP contribution in [0.1, 0.15) is 174 Å². The minimum atomic E-state index is -0.704. The number of unbranched alkanes of at least 4 members (excludes halogenated alkanes) is 12. The quantitative estimate of drug-likeness (QED) is 0.0424. The van der Waals surface area contributed by atoms with Crippen LogP contribution >= 0.6 is 0 Å². The van der Waals surface area contributed by atoms with E-state index in [1.54, 1.807) is 4.90 Å². The van der Waals surface area contributed by atoms with Gasteiger partial charge in [0.05, 0.1) is 31.0 Å². The third kappa shape index (κ3) is 13.4. The summed E-state index contributed by atoms with van der Waals surface area (Å²) in [5, 5.41) is 18.0. The van der Waals surface area contributed by atoms with Gasteiger partial charge in [0.15, 0.2) is 5.92 Å². The zero-order valence-electron chi connectivity index (χ0n) is 36.0. The van der Waals surface area contributed by atoms with E-state index in [1.165, 1.54) is 62.7 Å². The van der Waals surface area contributed by atoms with Gasteiger partial charge in [0.1, 0.15) is 17.5 Å². The standard InChI is InChI=1S/C45H82N6O6/c1-3-38-22-16-17-27-44(57-38)33-36-24-25-39-41(45(28-19-21-35(2)56-45)49-43(48-44)51(36)39)42(54)55-32-18-14-12-10-8-6-4-5-7-9-11-13-15-23-40(53)50(31-20-29-46)34-37(52)26-30-47/h16,22,35-39,41,43,48-49,52H,3-15,17-21,23-34,46-47H2,1-2H3/p+1/t35-,36+,37?,38+,39+,41+,43?,44+,45+/m1/s1. The van der Waals surface area contributed by atoms with Crippen molar-refractivity contribution >= 4 is 11.9 Å². The first-order valence-electron chi connectivity index (χ1n) is 23.7. The lowest BCUT2D eigenvalue weighted by atomic mass is 9.79. The van der Waals surface area contributed by atoms with Gasteiger partial charge in [0, 0.05) is 38.8 Å². The fraction of sp³-hybridized carbons (Fsp3) is 0.911. The van der Waals surface area contributed by atoms with Gasteiger partial charge < -0.3 is 40.6 Å². The number of carbonyl (C=O) groups is 2.